The summed E-state index contributed by atoms with van der Waals surface area (Å²) in [5.74, 6) is 0.959. The van der Waals surface area contributed by atoms with Crippen LogP contribution in [0.1, 0.15) is 31.7 Å². The zero-order chi connectivity index (χ0) is 12.1. The van der Waals surface area contributed by atoms with Crippen LogP contribution in [0.2, 0.25) is 0 Å². The Morgan fingerprint density at radius 1 is 1.47 bits per heavy atom. The predicted octanol–water partition coefficient (Wildman–Crippen LogP) is 1.93. The van der Waals surface area contributed by atoms with Crippen molar-refractivity contribution in [1.82, 2.24) is 15.4 Å². The van der Waals surface area contributed by atoms with Crippen LogP contribution in [-0.2, 0) is 13.1 Å². The average Bonchev–Trinajstić information content (AvgIpc) is 2.75. The van der Waals surface area contributed by atoms with Gasteiger partial charge in [-0.25, -0.2) is 0 Å². The minimum atomic E-state index is 0.474. The molecule has 1 N–H and O–H groups in total. The Labute approximate surface area is 103 Å². The van der Waals surface area contributed by atoms with E-state index in [1.54, 1.807) is 0 Å². The molecule has 0 saturated carbocycles. The van der Waals surface area contributed by atoms with Crippen molar-refractivity contribution in [3.05, 3.63) is 29.7 Å². The van der Waals surface area contributed by atoms with Crippen molar-refractivity contribution in [2.45, 2.75) is 39.4 Å². The summed E-state index contributed by atoms with van der Waals surface area (Å²) >= 11 is 0. The summed E-state index contributed by atoms with van der Waals surface area (Å²) < 4.78 is 5.34. The first-order valence-electron chi connectivity index (χ1n) is 6.29. The van der Waals surface area contributed by atoms with Crippen molar-refractivity contribution in [3.8, 4) is 0 Å². The highest BCUT2D eigenvalue weighted by Gasteiger charge is 2.11. The molecule has 94 valence electrons. The van der Waals surface area contributed by atoms with E-state index in [1.165, 1.54) is 0 Å². The van der Waals surface area contributed by atoms with Gasteiger partial charge in [-0.05, 0) is 6.42 Å². The molecule has 0 aliphatic carbocycles. The zero-order valence-corrected chi connectivity index (χ0v) is 10.6. The van der Waals surface area contributed by atoms with Gasteiger partial charge in [-0.15, -0.1) is 0 Å². The standard InChI is InChI=1S/C13H21N3O/c1-11(2)14-9-12-8-13(17-15-12)10-16-6-4-3-5-7-16/h3-4,8,11,14H,5-7,9-10H2,1-2H3. The van der Waals surface area contributed by atoms with Crippen molar-refractivity contribution >= 4 is 0 Å². The number of aromatic nitrogens is 1. The van der Waals surface area contributed by atoms with Crippen molar-refractivity contribution < 1.29 is 4.52 Å². The summed E-state index contributed by atoms with van der Waals surface area (Å²) in [6, 6.07) is 2.52. The lowest BCUT2D eigenvalue weighted by atomic mass is 10.2. The summed E-state index contributed by atoms with van der Waals surface area (Å²) in [6.07, 6.45) is 5.58. The molecule has 0 unspecified atom stereocenters. The molecule has 1 aliphatic rings. The van der Waals surface area contributed by atoms with Gasteiger partial charge < -0.3 is 9.84 Å². The summed E-state index contributed by atoms with van der Waals surface area (Å²) in [4.78, 5) is 2.36. The van der Waals surface area contributed by atoms with Gasteiger partial charge >= 0.3 is 0 Å². The predicted molar refractivity (Wildman–Crippen MR) is 67.5 cm³/mol. The van der Waals surface area contributed by atoms with Gasteiger partial charge in [0.25, 0.3) is 0 Å². The maximum Gasteiger partial charge on any atom is 0.151 e. The van der Waals surface area contributed by atoms with E-state index in [-0.39, 0.29) is 0 Å². The largest absolute Gasteiger partial charge is 0.360 e. The second-order valence-electron chi connectivity index (χ2n) is 4.82. The number of nitrogens with one attached hydrogen (secondary N) is 1. The van der Waals surface area contributed by atoms with Crippen LogP contribution in [0.4, 0.5) is 0 Å². The lowest BCUT2D eigenvalue weighted by Gasteiger charge is -2.20. The van der Waals surface area contributed by atoms with Gasteiger partial charge in [-0.2, -0.15) is 0 Å². The summed E-state index contributed by atoms with van der Waals surface area (Å²) in [6.45, 7) is 8.01. The molecule has 0 radical (unpaired) electrons. The van der Waals surface area contributed by atoms with E-state index in [2.05, 4.69) is 41.4 Å². The number of hydrogen-bond donors (Lipinski definition) is 1. The van der Waals surface area contributed by atoms with Crippen LogP contribution < -0.4 is 5.32 Å². The van der Waals surface area contributed by atoms with Crippen molar-refractivity contribution in [1.29, 1.82) is 0 Å². The monoisotopic (exact) mass is 235 g/mol. The average molecular weight is 235 g/mol. The summed E-state index contributed by atoms with van der Waals surface area (Å²) in [7, 11) is 0. The van der Waals surface area contributed by atoms with Gasteiger partial charge in [0.2, 0.25) is 0 Å². The van der Waals surface area contributed by atoms with Gasteiger partial charge in [0, 0.05) is 31.7 Å². The molecule has 0 amide bonds. The van der Waals surface area contributed by atoms with Crippen LogP contribution >= 0.6 is 0 Å². The number of hydrogen-bond acceptors (Lipinski definition) is 4. The van der Waals surface area contributed by atoms with E-state index in [9.17, 15) is 0 Å². The third-order valence-corrected chi connectivity index (χ3v) is 2.82. The van der Waals surface area contributed by atoms with Gasteiger partial charge in [0.1, 0.15) is 0 Å². The molecule has 0 fully saturated rings. The first kappa shape index (κ1) is 12.3. The minimum Gasteiger partial charge on any atom is -0.360 e. The highest BCUT2D eigenvalue weighted by molar-refractivity contribution is 5.06. The maximum atomic E-state index is 5.34. The van der Waals surface area contributed by atoms with Crippen LogP contribution in [0, 0.1) is 0 Å². The van der Waals surface area contributed by atoms with E-state index in [0.717, 1.165) is 44.1 Å². The van der Waals surface area contributed by atoms with Crippen LogP contribution in [0.25, 0.3) is 0 Å². The molecular weight excluding hydrogens is 214 g/mol. The third-order valence-electron chi connectivity index (χ3n) is 2.82. The van der Waals surface area contributed by atoms with Crippen LogP contribution in [0.15, 0.2) is 22.7 Å². The Balaban J connectivity index is 1.83. The van der Waals surface area contributed by atoms with Crippen molar-refractivity contribution in [3.63, 3.8) is 0 Å². The van der Waals surface area contributed by atoms with E-state index < -0.39 is 0 Å². The topological polar surface area (TPSA) is 41.3 Å². The molecule has 0 atom stereocenters. The quantitative estimate of drug-likeness (QED) is 0.792. The van der Waals surface area contributed by atoms with Gasteiger partial charge in [-0.3, -0.25) is 4.90 Å². The van der Waals surface area contributed by atoms with Gasteiger partial charge in [0.15, 0.2) is 5.76 Å². The third kappa shape index (κ3) is 3.98. The van der Waals surface area contributed by atoms with Gasteiger partial charge in [0.05, 0.1) is 12.2 Å². The molecule has 0 bridgehead atoms. The number of rotatable bonds is 5. The highest BCUT2D eigenvalue weighted by Crippen LogP contribution is 2.10. The van der Waals surface area contributed by atoms with Crippen LogP contribution in [0.3, 0.4) is 0 Å². The van der Waals surface area contributed by atoms with Crippen molar-refractivity contribution in [2.24, 2.45) is 0 Å². The fraction of sp³-hybridized carbons (Fsp3) is 0.615. The van der Waals surface area contributed by atoms with E-state index in [1.807, 2.05) is 6.07 Å². The highest BCUT2D eigenvalue weighted by atomic mass is 16.5. The molecular formula is C13H21N3O. The summed E-state index contributed by atoms with van der Waals surface area (Å²) in [5, 5.41) is 7.40. The van der Waals surface area contributed by atoms with Gasteiger partial charge in [-0.1, -0.05) is 31.2 Å². The normalized spacial score (nSPS) is 16.9. The molecule has 17 heavy (non-hydrogen) atoms. The number of nitrogens with zero attached hydrogens (tertiary/aromatic N) is 2. The molecule has 1 aromatic rings. The molecule has 2 heterocycles. The molecule has 0 aromatic carbocycles. The smallest absolute Gasteiger partial charge is 0.151 e. The molecule has 1 aromatic heterocycles. The molecule has 0 spiro atoms. The Hall–Kier alpha value is -1.13. The SMILES string of the molecule is CC(C)NCc1cc(CN2CC=CCC2)on1. The first-order chi connectivity index (χ1) is 8.24. The fourth-order valence-electron chi connectivity index (χ4n) is 1.88. The lowest BCUT2D eigenvalue weighted by Crippen LogP contribution is -2.26. The Morgan fingerprint density at radius 2 is 2.35 bits per heavy atom. The Morgan fingerprint density at radius 3 is 3.06 bits per heavy atom. The van der Waals surface area contributed by atoms with E-state index in [0.29, 0.717) is 6.04 Å². The molecule has 1 aliphatic heterocycles. The Bertz CT molecular complexity index is 370. The fourth-order valence-corrected chi connectivity index (χ4v) is 1.88. The Kier molecular flexibility index (Phi) is 4.34. The van der Waals surface area contributed by atoms with Crippen LogP contribution in [0.5, 0.6) is 0 Å². The lowest BCUT2D eigenvalue weighted by molar-refractivity contribution is 0.248. The van der Waals surface area contributed by atoms with E-state index >= 15 is 0 Å². The van der Waals surface area contributed by atoms with Crippen LogP contribution in [-0.4, -0.2) is 29.2 Å². The molecule has 4 heteroatoms. The first-order valence-corrected chi connectivity index (χ1v) is 6.29. The molecule has 0 saturated heterocycles. The minimum absolute atomic E-state index is 0.474. The second kappa shape index (κ2) is 5.98. The molecule has 4 nitrogen and oxygen atoms in total. The molecule has 2 rings (SSSR count). The maximum absolute atomic E-state index is 5.34. The zero-order valence-electron chi connectivity index (χ0n) is 10.6. The summed E-state index contributed by atoms with van der Waals surface area (Å²) in [5.41, 5.74) is 0.987. The van der Waals surface area contributed by atoms with Crippen molar-refractivity contribution in [2.75, 3.05) is 13.1 Å². The second-order valence-corrected chi connectivity index (χ2v) is 4.82. The van der Waals surface area contributed by atoms with E-state index in [4.69, 9.17) is 4.52 Å².